The zero-order valence-corrected chi connectivity index (χ0v) is 10.6. The van der Waals surface area contributed by atoms with Gasteiger partial charge in [0, 0.05) is 19.8 Å². The third kappa shape index (κ3) is 3.30. The van der Waals surface area contributed by atoms with Crippen LogP contribution in [0.3, 0.4) is 0 Å². The van der Waals surface area contributed by atoms with Crippen LogP contribution in [0, 0.1) is 5.92 Å². The molecule has 1 fully saturated rings. The van der Waals surface area contributed by atoms with Gasteiger partial charge in [-0.1, -0.05) is 0 Å². The van der Waals surface area contributed by atoms with Crippen LogP contribution in [-0.2, 0) is 0 Å². The van der Waals surface area contributed by atoms with Gasteiger partial charge in [0.25, 0.3) is 0 Å². The van der Waals surface area contributed by atoms with E-state index in [4.69, 9.17) is 5.73 Å². The highest BCUT2D eigenvalue weighted by atomic mass is 15.2. The first-order chi connectivity index (χ1) is 8.15. The van der Waals surface area contributed by atoms with E-state index in [1.165, 1.54) is 25.9 Å². The van der Waals surface area contributed by atoms with Crippen LogP contribution < -0.4 is 10.6 Å². The molecule has 0 saturated carbocycles. The van der Waals surface area contributed by atoms with Gasteiger partial charge < -0.3 is 15.5 Å². The molecule has 2 N–H and O–H groups in total. The molecule has 0 atom stereocenters. The van der Waals surface area contributed by atoms with Crippen molar-refractivity contribution in [2.75, 3.05) is 44.4 Å². The smallest absolute Gasteiger partial charge is 0.226 e. The fourth-order valence-corrected chi connectivity index (χ4v) is 2.26. The molecule has 0 aromatic carbocycles. The molecule has 1 aromatic rings. The molecule has 0 aliphatic carbocycles. The Labute approximate surface area is 103 Å². The summed E-state index contributed by atoms with van der Waals surface area (Å²) >= 11 is 0. The largest absolute Gasteiger partial charge is 0.384 e. The van der Waals surface area contributed by atoms with Crippen LogP contribution in [0.2, 0.25) is 0 Å². The number of nitrogen functional groups attached to an aromatic ring is 1. The molecule has 5 nitrogen and oxygen atoms in total. The van der Waals surface area contributed by atoms with Crippen molar-refractivity contribution in [3.05, 3.63) is 12.3 Å². The highest BCUT2D eigenvalue weighted by Crippen LogP contribution is 2.18. The van der Waals surface area contributed by atoms with Crippen LogP contribution >= 0.6 is 0 Å². The van der Waals surface area contributed by atoms with Gasteiger partial charge in [0.15, 0.2) is 0 Å². The van der Waals surface area contributed by atoms with Crippen LogP contribution in [0.15, 0.2) is 12.3 Å². The molecule has 94 valence electrons. The first-order valence-corrected chi connectivity index (χ1v) is 6.13. The van der Waals surface area contributed by atoms with Crippen molar-refractivity contribution in [3.8, 4) is 0 Å². The molecule has 1 aromatic heterocycles. The van der Waals surface area contributed by atoms with Gasteiger partial charge in [-0.05, 0) is 45.0 Å². The first-order valence-electron chi connectivity index (χ1n) is 6.13. The summed E-state index contributed by atoms with van der Waals surface area (Å²) in [5, 5.41) is 0. The Bertz CT molecular complexity index is 360. The maximum atomic E-state index is 5.66. The Morgan fingerprint density at radius 2 is 2.18 bits per heavy atom. The molecule has 0 unspecified atom stereocenters. The molecule has 2 heterocycles. The first kappa shape index (κ1) is 12.1. The maximum Gasteiger partial charge on any atom is 0.226 e. The summed E-state index contributed by atoms with van der Waals surface area (Å²) in [5.74, 6) is 2.00. The Morgan fingerprint density at radius 1 is 1.47 bits per heavy atom. The highest BCUT2D eigenvalue weighted by Gasteiger charge is 2.19. The van der Waals surface area contributed by atoms with E-state index in [0.717, 1.165) is 18.4 Å². The number of nitrogens with two attached hydrogens (primary N) is 1. The number of rotatable bonds is 3. The van der Waals surface area contributed by atoms with E-state index in [9.17, 15) is 0 Å². The molecule has 0 radical (unpaired) electrons. The van der Waals surface area contributed by atoms with Crippen molar-refractivity contribution in [1.29, 1.82) is 0 Å². The number of hydrogen-bond acceptors (Lipinski definition) is 5. The van der Waals surface area contributed by atoms with Crippen molar-refractivity contribution >= 4 is 11.8 Å². The van der Waals surface area contributed by atoms with Gasteiger partial charge >= 0.3 is 0 Å². The number of piperidine rings is 1. The Balaban J connectivity index is 1.90. The molecular weight excluding hydrogens is 214 g/mol. The molecule has 0 bridgehead atoms. The van der Waals surface area contributed by atoms with E-state index < -0.39 is 0 Å². The lowest BCUT2D eigenvalue weighted by molar-refractivity contribution is 0.222. The molecule has 17 heavy (non-hydrogen) atoms. The van der Waals surface area contributed by atoms with Crippen LogP contribution in [-0.4, -0.2) is 48.6 Å². The van der Waals surface area contributed by atoms with Gasteiger partial charge in [-0.3, -0.25) is 0 Å². The summed E-state index contributed by atoms with van der Waals surface area (Å²) in [7, 11) is 4.22. The summed E-state index contributed by atoms with van der Waals surface area (Å²) in [6, 6.07) is 1.72. The van der Waals surface area contributed by atoms with Crippen molar-refractivity contribution in [2.45, 2.75) is 12.8 Å². The maximum absolute atomic E-state index is 5.66. The molecule has 5 heteroatoms. The third-order valence-corrected chi connectivity index (χ3v) is 3.38. The standard InChI is InChI=1S/C12H21N5/c1-16-7-4-10(5-8-16)9-17(2)12-14-6-3-11(13)15-12/h3,6,10H,4-5,7-9H2,1-2H3,(H2,13,14,15). The van der Waals surface area contributed by atoms with Gasteiger partial charge in [0.05, 0.1) is 0 Å². The lowest BCUT2D eigenvalue weighted by atomic mass is 9.97. The number of anilines is 2. The Morgan fingerprint density at radius 3 is 2.82 bits per heavy atom. The summed E-state index contributed by atoms with van der Waals surface area (Å²) in [6.07, 6.45) is 4.22. The summed E-state index contributed by atoms with van der Waals surface area (Å²) in [6.45, 7) is 3.39. The molecule has 2 rings (SSSR count). The SMILES string of the molecule is CN1CCC(CN(C)c2nccc(N)n2)CC1. The van der Waals surface area contributed by atoms with Crippen molar-refractivity contribution in [2.24, 2.45) is 5.92 Å². The molecule has 1 aliphatic rings. The summed E-state index contributed by atoms with van der Waals surface area (Å²) in [4.78, 5) is 13.0. The lowest BCUT2D eigenvalue weighted by Gasteiger charge is -2.31. The molecule has 0 spiro atoms. The van der Waals surface area contributed by atoms with Crippen LogP contribution in [0.4, 0.5) is 11.8 Å². The Kier molecular flexibility index (Phi) is 3.78. The van der Waals surface area contributed by atoms with Gasteiger partial charge in [0.2, 0.25) is 5.95 Å². The normalized spacial score (nSPS) is 18.2. The fraction of sp³-hybridized carbons (Fsp3) is 0.667. The second kappa shape index (κ2) is 5.31. The monoisotopic (exact) mass is 235 g/mol. The molecular formula is C12H21N5. The predicted octanol–water partition coefficient (Wildman–Crippen LogP) is 0.837. The summed E-state index contributed by atoms with van der Waals surface area (Å²) < 4.78 is 0. The minimum absolute atomic E-state index is 0.533. The number of nitrogens with zero attached hydrogens (tertiary/aromatic N) is 4. The second-order valence-corrected chi connectivity index (χ2v) is 4.91. The highest BCUT2D eigenvalue weighted by molar-refractivity contribution is 5.36. The average Bonchev–Trinajstić information content (AvgIpc) is 2.32. The van der Waals surface area contributed by atoms with Gasteiger partial charge in [0.1, 0.15) is 5.82 Å². The Hall–Kier alpha value is -1.36. The average molecular weight is 235 g/mol. The minimum Gasteiger partial charge on any atom is -0.384 e. The van der Waals surface area contributed by atoms with Gasteiger partial charge in [-0.2, -0.15) is 4.98 Å². The number of aromatic nitrogens is 2. The van der Waals surface area contributed by atoms with E-state index in [1.54, 1.807) is 12.3 Å². The quantitative estimate of drug-likeness (QED) is 0.841. The van der Waals surface area contributed by atoms with E-state index >= 15 is 0 Å². The summed E-state index contributed by atoms with van der Waals surface area (Å²) in [5.41, 5.74) is 5.66. The number of likely N-dealkylation sites (tertiary alicyclic amines) is 1. The lowest BCUT2D eigenvalue weighted by Crippen LogP contribution is -2.36. The van der Waals surface area contributed by atoms with Crippen LogP contribution in [0.1, 0.15) is 12.8 Å². The fourth-order valence-electron chi connectivity index (χ4n) is 2.26. The van der Waals surface area contributed by atoms with Gasteiger partial charge in [-0.15, -0.1) is 0 Å². The van der Waals surface area contributed by atoms with E-state index in [-0.39, 0.29) is 0 Å². The second-order valence-electron chi connectivity index (χ2n) is 4.91. The molecule has 1 saturated heterocycles. The third-order valence-electron chi connectivity index (χ3n) is 3.38. The van der Waals surface area contributed by atoms with E-state index in [2.05, 4.69) is 26.8 Å². The predicted molar refractivity (Wildman–Crippen MR) is 69.9 cm³/mol. The molecule has 1 aliphatic heterocycles. The van der Waals surface area contributed by atoms with Crippen molar-refractivity contribution in [3.63, 3.8) is 0 Å². The van der Waals surface area contributed by atoms with Crippen molar-refractivity contribution < 1.29 is 0 Å². The van der Waals surface area contributed by atoms with E-state index in [0.29, 0.717) is 5.82 Å². The van der Waals surface area contributed by atoms with Crippen LogP contribution in [0.25, 0.3) is 0 Å². The van der Waals surface area contributed by atoms with Crippen LogP contribution in [0.5, 0.6) is 0 Å². The number of hydrogen-bond donors (Lipinski definition) is 1. The zero-order chi connectivity index (χ0) is 12.3. The van der Waals surface area contributed by atoms with Crippen molar-refractivity contribution in [1.82, 2.24) is 14.9 Å². The molecule has 0 amide bonds. The minimum atomic E-state index is 0.533. The topological polar surface area (TPSA) is 58.3 Å². The van der Waals surface area contributed by atoms with E-state index in [1.807, 2.05) is 7.05 Å². The van der Waals surface area contributed by atoms with Gasteiger partial charge in [-0.25, -0.2) is 4.98 Å². The zero-order valence-electron chi connectivity index (χ0n) is 10.6.